The van der Waals surface area contributed by atoms with Crippen LogP contribution in [0.5, 0.6) is 0 Å². The molecule has 0 atom stereocenters. The third kappa shape index (κ3) is 3.32. The molecule has 1 aromatic carbocycles. The van der Waals surface area contributed by atoms with Gasteiger partial charge in [-0.3, -0.25) is 0 Å². The zero-order valence-corrected chi connectivity index (χ0v) is 16.6. The summed E-state index contributed by atoms with van der Waals surface area (Å²) in [6.45, 7) is 8.85. The molecule has 0 saturated carbocycles. The number of halogens is 1. The van der Waals surface area contributed by atoms with Crippen molar-refractivity contribution in [1.29, 1.82) is 0 Å². The number of rotatable bonds is 3. The lowest BCUT2D eigenvalue weighted by molar-refractivity contribution is 0.544. The van der Waals surface area contributed by atoms with Gasteiger partial charge in [0.1, 0.15) is 5.82 Å². The molecule has 0 radical (unpaired) electrons. The number of fused-ring (bicyclic) bond motifs is 1. The van der Waals surface area contributed by atoms with Gasteiger partial charge in [-0.15, -0.1) is 5.10 Å². The molecule has 6 nitrogen and oxygen atoms in total. The van der Waals surface area contributed by atoms with E-state index in [-0.39, 0.29) is 5.41 Å². The van der Waals surface area contributed by atoms with E-state index in [1.54, 1.807) is 4.68 Å². The van der Waals surface area contributed by atoms with E-state index in [1.807, 2.05) is 54.2 Å². The summed E-state index contributed by atoms with van der Waals surface area (Å²) in [7, 11) is 0. The molecule has 4 aromatic rings. The standard InChI is InChI=1S/C20H21ClN6/c1-13-9-10-26(11-13)17-16-18(23-19(22-17)20(2,3)4)27(25-24-16)12-14-7-5-6-8-15(14)21/h5-11H,12H2,1-4H3. The molecular formula is C20H21ClN6. The minimum atomic E-state index is -0.204. The van der Waals surface area contributed by atoms with E-state index < -0.39 is 0 Å². The largest absolute Gasteiger partial charge is 0.306 e. The fourth-order valence-corrected chi connectivity index (χ4v) is 3.08. The second kappa shape index (κ2) is 6.46. The summed E-state index contributed by atoms with van der Waals surface area (Å²) >= 11 is 6.33. The first-order valence-corrected chi connectivity index (χ1v) is 9.21. The zero-order valence-electron chi connectivity index (χ0n) is 15.8. The summed E-state index contributed by atoms with van der Waals surface area (Å²) in [6.07, 6.45) is 4.01. The first-order valence-electron chi connectivity index (χ1n) is 8.83. The van der Waals surface area contributed by atoms with Crippen molar-refractivity contribution in [2.24, 2.45) is 0 Å². The number of hydrogen-bond acceptors (Lipinski definition) is 4. The van der Waals surface area contributed by atoms with Gasteiger partial charge >= 0.3 is 0 Å². The number of nitrogens with zero attached hydrogens (tertiary/aromatic N) is 6. The Bertz CT molecular complexity index is 1120. The van der Waals surface area contributed by atoms with E-state index in [2.05, 4.69) is 31.1 Å². The maximum absolute atomic E-state index is 6.33. The van der Waals surface area contributed by atoms with E-state index in [0.717, 1.165) is 22.8 Å². The third-order valence-electron chi connectivity index (χ3n) is 4.38. The normalized spacial score (nSPS) is 12.0. The number of benzene rings is 1. The van der Waals surface area contributed by atoms with Crippen LogP contribution in [-0.2, 0) is 12.0 Å². The Balaban J connectivity index is 1.91. The second-order valence-electron chi connectivity index (χ2n) is 7.73. The van der Waals surface area contributed by atoms with E-state index in [9.17, 15) is 0 Å². The van der Waals surface area contributed by atoms with Crippen molar-refractivity contribution in [2.45, 2.75) is 39.7 Å². The Kier molecular flexibility index (Phi) is 4.23. The fraction of sp³-hybridized carbons (Fsp3) is 0.300. The van der Waals surface area contributed by atoms with Crippen molar-refractivity contribution in [3.05, 3.63) is 64.7 Å². The maximum atomic E-state index is 6.33. The molecule has 0 aliphatic carbocycles. The average Bonchev–Trinajstić information content (AvgIpc) is 3.22. The highest BCUT2D eigenvalue weighted by atomic mass is 35.5. The van der Waals surface area contributed by atoms with Crippen LogP contribution in [0.4, 0.5) is 0 Å². The monoisotopic (exact) mass is 380 g/mol. The van der Waals surface area contributed by atoms with Crippen LogP contribution in [0.1, 0.15) is 37.7 Å². The molecule has 0 aliphatic rings. The molecule has 0 saturated heterocycles. The highest BCUT2D eigenvalue weighted by Gasteiger charge is 2.23. The number of aryl methyl sites for hydroxylation is 1. The molecule has 0 unspecified atom stereocenters. The van der Waals surface area contributed by atoms with Gasteiger partial charge in [0.2, 0.25) is 0 Å². The molecule has 3 aromatic heterocycles. The highest BCUT2D eigenvalue weighted by Crippen LogP contribution is 2.25. The SMILES string of the molecule is Cc1ccn(-c2nc(C(C)(C)C)nc3c2nnn3Cc2ccccc2Cl)c1. The van der Waals surface area contributed by atoms with E-state index in [0.29, 0.717) is 22.7 Å². The molecule has 4 rings (SSSR count). The predicted octanol–water partition coefficient (Wildman–Crippen LogP) is 4.32. The first-order chi connectivity index (χ1) is 12.8. The lowest BCUT2D eigenvalue weighted by atomic mass is 9.96. The van der Waals surface area contributed by atoms with Crippen LogP contribution in [0.15, 0.2) is 42.7 Å². The quantitative estimate of drug-likeness (QED) is 0.531. The summed E-state index contributed by atoms with van der Waals surface area (Å²) < 4.78 is 3.76. The van der Waals surface area contributed by atoms with Gasteiger partial charge in [0.05, 0.1) is 6.54 Å². The predicted molar refractivity (Wildman–Crippen MR) is 106 cm³/mol. The van der Waals surface area contributed by atoms with Gasteiger partial charge in [0.15, 0.2) is 17.0 Å². The van der Waals surface area contributed by atoms with Gasteiger partial charge in [0.25, 0.3) is 0 Å². The molecule has 3 heterocycles. The molecule has 27 heavy (non-hydrogen) atoms. The van der Waals surface area contributed by atoms with E-state index in [1.165, 1.54) is 0 Å². The van der Waals surface area contributed by atoms with Crippen LogP contribution >= 0.6 is 11.6 Å². The van der Waals surface area contributed by atoms with E-state index >= 15 is 0 Å². The van der Waals surface area contributed by atoms with Crippen molar-refractivity contribution in [1.82, 2.24) is 29.5 Å². The maximum Gasteiger partial charge on any atom is 0.184 e. The third-order valence-corrected chi connectivity index (χ3v) is 4.75. The Morgan fingerprint density at radius 2 is 1.85 bits per heavy atom. The van der Waals surface area contributed by atoms with Gasteiger partial charge in [-0.05, 0) is 30.2 Å². The molecular weight excluding hydrogens is 360 g/mol. The lowest BCUT2D eigenvalue weighted by Gasteiger charge is -2.18. The van der Waals surface area contributed by atoms with Gasteiger partial charge in [-0.1, -0.05) is 55.8 Å². The summed E-state index contributed by atoms with van der Waals surface area (Å²) in [5.74, 6) is 1.49. The summed E-state index contributed by atoms with van der Waals surface area (Å²) in [5.41, 5.74) is 3.30. The van der Waals surface area contributed by atoms with Crippen molar-refractivity contribution < 1.29 is 0 Å². The van der Waals surface area contributed by atoms with Crippen molar-refractivity contribution in [3.8, 4) is 5.82 Å². The molecule has 138 valence electrons. The fourth-order valence-electron chi connectivity index (χ4n) is 2.89. The number of aromatic nitrogens is 6. The van der Waals surface area contributed by atoms with Crippen molar-refractivity contribution >= 4 is 22.8 Å². The molecule has 0 aliphatic heterocycles. The minimum Gasteiger partial charge on any atom is -0.306 e. The molecule has 0 amide bonds. The Morgan fingerprint density at radius 1 is 1.07 bits per heavy atom. The summed E-state index contributed by atoms with van der Waals surface area (Å²) in [4.78, 5) is 9.60. The highest BCUT2D eigenvalue weighted by molar-refractivity contribution is 6.31. The Labute approximate surface area is 162 Å². The molecule has 0 fully saturated rings. The summed E-state index contributed by atoms with van der Waals surface area (Å²) in [5, 5.41) is 9.42. The topological polar surface area (TPSA) is 61.4 Å². The lowest BCUT2D eigenvalue weighted by Crippen LogP contribution is -2.18. The van der Waals surface area contributed by atoms with Gasteiger partial charge in [-0.25, -0.2) is 14.6 Å². The number of hydrogen-bond donors (Lipinski definition) is 0. The summed E-state index contributed by atoms with van der Waals surface area (Å²) in [6, 6.07) is 9.78. The average molecular weight is 381 g/mol. The van der Waals surface area contributed by atoms with Crippen molar-refractivity contribution in [2.75, 3.05) is 0 Å². The van der Waals surface area contributed by atoms with Crippen LogP contribution < -0.4 is 0 Å². The van der Waals surface area contributed by atoms with Crippen LogP contribution in [-0.4, -0.2) is 29.5 Å². The molecule has 0 N–H and O–H groups in total. The van der Waals surface area contributed by atoms with Gasteiger partial charge in [0, 0.05) is 22.8 Å². The van der Waals surface area contributed by atoms with Crippen LogP contribution in [0.2, 0.25) is 5.02 Å². The van der Waals surface area contributed by atoms with Crippen molar-refractivity contribution in [3.63, 3.8) is 0 Å². The molecule has 0 bridgehead atoms. The Morgan fingerprint density at radius 3 is 2.52 bits per heavy atom. The van der Waals surface area contributed by atoms with Crippen LogP contribution in [0.3, 0.4) is 0 Å². The van der Waals surface area contributed by atoms with Gasteiger partial charge in [-0.2, -0.15) is 0 Å². The van der Waals surface area contributed by atoms with Gasteiger partial charge < -0.3 is 4.57 Å². The smallest absolute Gasteiger partial charge is 0.184 e. The first kappa shape index (κ1) is 17.7. The minimum absolute atomic E-state index is 0.204. The Hall–Kier alpha value is -2.73. The second-order valence-corrected chi connectivity index (χ2v) is 8.13. The molecule has 7 heteroatoms. The van der Waals surface area contributed by atoms with Crippen LogP contribution in [0, 0.1) is 6.92 Å². The zero-order chi connectivity index (χ0) is 19.2. The molecule has 0 spiro atoms. The van der Waals surface area contributed by atoms with E-state index in [4.69, 9.17) is 21.6 Å². The van der Waals surface area contributed by atoms with Crippen LogP contribution in [0.25, 0.3) is 17.0 Å².